The third kappa shape index (κ3) is 9.49. The second-order valence-corrected chi connectivity index (χ2v) is 8.80. The van der Waals surface area contributed by atoms with E-state index < -0.39 is 18.0 Å². The fraction of sp³-hybridized carbons (Fsp3) is 0.464. The van der Waals surface area contributed by atoms with Gasteiger partial charge in [0, 0.05) is 31.7 Å². The molecule has 1 heterocycles. The van der Waals surface area contributed by atoms with Crippen LogP contribution in [0.4, 0.5) is 14.9 Å². The lowest BCUT2D eigenvalue weighted by Gasteiger charge is -2.16. The predicted molar refractivity (Wildman–Crippen MR) is 146 cm³/mol. The van der Waals surface area contributed by atoms with Crippen molar-refractivity contribution in [2.75, 3.05) is 45.2 Å². The van der Waals surface area contributed by atoms with Crippen LogP contribution in [0.2, 0.25) is 0 Å². The summed E-state index contributed by atoms with van der Waals surface area (Å²) in [5, 5.41) is 6.05. The van der Waals surface area contributed by atoms with Gasteiger partial charge in [-0.05, 0) is 63.1 Å². The molecule has 9 heteroatoms. The Morgan fingerprint density at radius 1 is 1.38 bits per heavy atom. The molecule has 2 amide bonds. The maximum atomic E-state index is 15.2. The van der Waals surface area contributed by atoms with Gasteiger partial charge in [0.15, 0.2) is 0 Å². The number of hydrogen-bond acceptors (Lipinski definition) is 6. The monoisotopic (exact) mass is 514 g/mol. The van der Waals surface area contributed by atoms with E-state index in [-0.39, 0.29) is 19.0 Å². The quantitative estimate of drug-likeness (QED) is 0.156. The second kappa shape index (κ2) is 15.6. The molecule has 37 heavy (non-hydrogen) atoms. The van der Waals surface area contributed by atoms with Crippen LogP contribution in [-0.4, -0.2) is 64.7 Å². The zero-order chi connectivity index (χ0) is 27.2. The minimum Gasteiger partial charge on any atom is -0.501 e. The number of methoxy groups -OCH3 is 1. The Balaban J connectivity index is 1.98. The highest BCUT2D eigenvalue weighted by Gasteiger charge is 2.32. The van der Waals surface area contributed by atoms with Gasteiger partial charge in [0.25, 0.3) is 0 Å². The standard InChI is InChI=1S/C28H39FN4O4/c1-6-22(13-15-30-4)17-31-14-9-7-8-10-25(20(2)36-5)26-12-11-23(16-27(26)29)33-19-24(37-28(33)35)18-32-21(3)34/h6-8,11-12,15-16,22,24,31H,1,9-10,13-14,17-19H2,2-5H3,(H,32,34)/b8-7-,25-20-,30-15?. The van der Waals surface area contributed by atoms with Crippen LogP contribution in [-0.2, 0) is 14.3 Å². The number of cyclic esters (lactones) is 1. The molecule has 8 nitrogen and oxygen atoms in total. The number of carbonyl (C=O) groups excluding carboxylic acids is 2. The molecule has 1 aliphatic heterocycles. The molecule has 1 aromatic carbocycles. The number of nitrogens with one attached hydrogen (secondary N) is 2. The van der Waals surface area contributed by atoms with Crippen LogP contribution in [0.25, 0.3) is 5.57 Å². The number of amides is 2. The normalized spacial score (nSPS) is 17.2. The predicted octanol–water partition coefficient (Wildman–Crippen LogP) is 4.48. The van der Waals surface area contributed by atoms with Crippen molar-refractivity contribution in [3.8, 4) is 0 Å². The van der Waals surface area contributed by atoms with Gasteiger partial charge in [0.2, 0.25) is 5.91 Å². The SMILES string of the molecule is C=CC(CC=NC)CNCC/C=C\C/C(=C(\C)OC)c1ccc(N2CC(CNC(C)=O)OC2=O)cc1F. The highest BCUT2D eigenvalue weighted by atomic mass is 19.1. The fourth-order valence-corrected chi connectivity index (χ4v) is 3.88. The van der Waals surface area contributed by atoms with Gasteiger partial charge >= 0.3 is 6.09 Å². The van der Waals surface area contributed by atoms with Crippen molar-refractivity contribution in [1.82, 2.24) is 10.6 Å². The zero-order valence-electron chi connectivity index (χ0n) is 22.3. The molecule has 1 aromatic rings. The number of allylic oxidation sites excluding steroid dienone is 3. The van der Waals surface area contributed by atoms with E-state index in [9.17, 15) is 9.59 Å². The van der Waals surface area contributed by atoms with Crippen LogP contribution >= 0.6 is 0 Å². The molecule has 0 bridgehead atoms. The lowest BCUT2D eigenvalue weighted by atomic mass is 9.99. The molecule has 2 unspecified atom stereocenters. The molecule has 2 atom stereocenters. The van der Waals surface area contributed by atoms with Gasteiger partial charge in [-0.1, -0.05) is 18.2 Å². The third-order valence-electron chi connectivity index (χ3n) is 6.08. The number of rotatable bonds is 15. The Hall–Kier alpha value is -3.46. The molecule has 0 radical (unpaired) electrons. The highest BCUT2D eigenvalue weighted by molar-refractivity contribution is 5.90. The largest absolute Gasteiger partial charge is 0.501 e. The first-order valence-electron chi connectivity index (χ1n) is 12.5. The van der Waals surface area contributed by atoms with E-state index in [0.717, 1.165) is 31.5 Å². The van der Waals surface area contributed by atoms with Crippen LogP contribution in [0.1, 0.15) is 38.7 Å². The lowest BCUT2D eigenvalue weighted by molar-refractivity contribution is -0.119. The van der Waals surface area contributed by atoms with Crippen molar-refractivity contribution in [2.24, 2.45) is 10.9 Å². The summed E-state index contributed by atoms with van der Waals surface area (Å²) in [5.74, 6) is 0.310. The molecule has 0 aliphatic carbocycles. The van der Waals surface area contributed by atoms with Crippen LogP contribution in [0, 0.1) is 11.7 Å². The summed E-state index contributed by atoms with van der Waals surface area (Å²) in [6.07, 6.45) is 9.05. The van der Waals surface area contributed by atoms with Crippen LogP contribution in [0.5, 0.6) is 0 Å². The molecular weight excluding hydrogens is 475 g/mol. The summed E-state index contributed by atoms with van der Waals surface area (Å²) in [6.45, 7) is 9.17. The first-order chi connectivity index (χ1) is 17.8. The van der Waals surface area contributed by atoms with E-state index in [1.165, 1.54) is 17.9 Å². The summed E-state index contributed by atoms with van der Waals surface area (Å²) in [6, 6.07) is 4.67. The van der Waals surface area contributed by atoms with Crippen molar-refractivity contribution >= 4 is 29.5 Å². The number of nitrogens with zero attached hydrogens (tertiary/aromatic N) is 2. The Morgan fingerprint density at radius 3 is 2.81 bits per heavy atom. The number of carbonyl (C=O) groups is 2. The summed E-state index contributed by atoms with van der Waals surface area (Å²) in [5.41, 5.74) is 1.55. The first kappa shape index (κ1) is 29.8. The van der Waals surface area contributed by atoms with E-state index in [0.29, 0.717) is 29.3 Å². The number of benzene rings is 1. The Labute approximate surface area is 219 Å². The van der Waals surface area contributed by atoms with Crippen molar-refractivity contribution in [2.45, 2.75) is 39.2 Å². The average molecular weight is 515 g/mol. The Morgan fingerprint density at radius 2 is 2.16 bits per heavy atom. The molecule has 0 aromatic heterocycles. The smallest absolute Gasteiger partial charge is 0.414 e. The molecule has 2 N–H and O–H groups in total. The van der Waals surface area contributed by atoms with E-state index >= 15 is 4.39 Å². The Bertz CT molecular complexity index is 1020. The molecule has 0 spiro atoms. The summed E-state index contributed by atoms with van der Waals surface area (Å²) >= 11 is 0. The molecular formula is C28H39FN4O4. The van der Waals surface area contributed by atoms with Crippen LogP contribution in [0.15, 0.2) is 53.8 Å². The lowest BCUT2D eigenvalue weighted by Crippen LogP contribution is -2.33. The van der Waals surface area contributed by atoms with E-state index in [4.69, 9.17) is 9.47 Å². The number of halogens is 1. The van der Waals surface area contributed by atoms with Gasteiger partial charge in [-0.25, -0.2) is 9.18 Å². The van der Waals surface area contributed by atoms with Crippen molar-refractivity contribution in [3.05, 3.63) is 60.1 Å². The maximum absolute atomic E-state index is 15.2. The number of hydrogen-bond donors (Lipinski definition) is 2. The van der Waals surface area contributed by atoms with Crippen molar-refractivity contribution in [1.29, 1.82) is 0 Å². The maximum Gasteiger partial charge on any atom is 0.414 e. The third-order valence-corrected chi connectivity index (χ3v) is 6.08. The summed E-state index contributed by atoms with van der Waals surface area (Å²) in [4.78, 5) is 28.8. The van der Waals surface area contributed by atoms with Gasteiger partial charge in [-0.15, -0.1) is 6.58 Å². The minimum absolute atomic E-state index is 0.206. The molecule has 202 valence electrons. The number of aliphatic imine (C=N–C) groups is 1. The molecule has 2 rings (SSSR count). The van der Waals surface area contributed by atoms with E-state index in [2.05, 4.69) is 28.3 Å². The van der Waals surface area contributed by atoms with Gasteiger partial charge in [0.1, 0.15) is 11.9 Å². The van der Waals surface area contributed by atoms with Crippen molar-refractivity contribution in [3.63, 3.8) is 0 Å². The minimum atomic E-state index is -0.569. The van der Waals surface area contributed by atoms with Crippen molar-refractivity contribution < 1.29 is 23.5 Å². The van der Waals surface area contributed by atoms with Gasteiger partial charge in [-0.3, -0.25) is 9.69 Å². The highest BCUT2D eigenvalue weighted by Crippen LogP contribution is 2.30. The second-order valence-electron chi connectivity index (χ2n) is 8.80. The fourth-order valence-electron chi connectivity index (χ4n) is 3.88. The van der Waals surface area contributed by atoms with Gasteiger partial charge < -0.3 is 25.1 Å². The van der Waals surface area contributed by atoms with Crippen LogP contribution < -0.4 is 15.5 Å². The number of anilines is 1. The average Bonchev–Trinajstić information content (AvgIpc) is 3.26. The van der Waals surface area contributed by atoms with E-state index in [1.54, 1.807) is 33.2 Å². The van der Waals surface area contributed by atoms with Gasteiger partial charge in [0.05, 0.1) is 31.6 Å². The molecule has 0 saturated carbocycles. The number of ether oxygens (including phenoxy) is 2. The molecule has 1 fully saturated rings. The van der Waals surface area contributed by atoms with Gasteiger partial charge in [-0.2, -0.15) is 0 Å². The van der Waals surface area contributed by atoms with E-state index in [1.807, 2.05) is 18.4 Å². The Kier molecular flexibility index (Phi) is 12.6. The molecule has 1 aliphatic rings. The zero-order valence-corrected chi connectivity index (χ0v) is 22.3. The molecule has 1 saturated heterocycles. The summed E-state index contributed by atoms with van der Waals surface area (Å²) < 4.78 is 25.9. The van der Waals surface area contributed by atoms with Crippen LogP contribution in [0.3, 0.4) is 0 Å². The first-order valence-corrected chi connectivity index (χ1v) is 12.5. The topological polar surface area (TPSA) is 92.3 Å². The summed E-state index contributed by atoms with van der Waals surface area (Å²) in [7, 11) is 3.33.